The zero-order chi connectivity index (χ0) is 19.1. The molecule has 0 amide bonds. The van der Waals surface area contributed by atoms with E-state index in [1.54, 1.807) is 22.5 Å². The number of nitrogens with zero attached hydrogens (tertiary/aromatic N) is 4. The Morgan fingerprint density at radius 2 is 1.71 bits per heavy atom. The van der Waals surface area contributed by atoms with Gasteiger partial charge < -0.3 is 9.64 Å². The number of fused-ring (bicyclic) bond motifs is 2. The van der Waals surface area contributed by atoms with Gasteiger partial charge >= 0.3 is 0 Å². The quantitative estimate of drug-likeness (QED) is 0.782. The fourth-order valence-corrected chi connectivity index (χ4v) is 5.74. The number of hydrogen-bond acceptors (Lipinski definition) is 6. The topological polar surface area (TPSA) is 75.6 Å². The largest absolute Gasteiger partial charge is 0.493 e. The molecule has 0 spiro atoms. The number of ether oxygens (including phenoxy) is 1. The van der Waals surface area contributed by atoms with Gasteiger partial charge in [-0.25, -0.2) is 8.42 Å². The monoisotopic (exact) mass is 400 g/mol. The predicted octanol–water partition coefficient (Wildman–Crippen LogP) is 1.80. The van der Waals surface area contributed by atoms with Crippen molar-refractivity contribution in [1.29, 1.82) is 0 Å². The van der Waals surface area contributed by atoms with Crippen LogP contribution in [0.1, 0.15) is 29.7 Å². The summed E-state index contributed by atoms with van der Waals surface area (Å²) in [4.78, 5) is 2.50. The van der Waals surface area contributed by atoms with Gasteiger partial charge in [0.1, 0.15) is 5.75 Å². The van der Waals surface area contributed by atoms with Gasteiger partial charge in [-0.2, -0.15) is 9.40 Å². The summed E-state index contributed by atoms with van der Waals surface area (Å²) in [6.45, 7) is 2.78. The molecule has 2 aliphatic heterocycles. The number of aryl methyl sites for hydroxylation is 2. The highest BCUT2D eigenvalue weighted by atomic mass is 32.2. The van der Waals surface area contributed by atoms with Crippen molar-refractivity contribution in [2.75, 3.05) is 37.7 Å². The molecule has 1 aromatic heterocycles. The van der Waals surface area contributed by atoms with Crippen LogP contribution < -0.4 is 9.64 Å². The zero-order valence-electron chi connectivity index (χ0n) is 15.8. The maximum absolute atomic E-state index is 13.1. The third kappa shape index (κ3) is 3.14. The molecule has 0 unspecified atom stereocenters. The SMILES string of the molecule is O=S(=O)(c1ccc2c(c1)CCO2)N1CCN(c2cc3c(nn2)CCCC3)CC1. The van der Waals surface area contributed by atoms with Crippen LogP contribution in [0.5, 0.6) is 5.75 Å². The van der Waals surface area contributed by atoms with Crippen molar-refractivity contribution in [2.24, 2.45) is 0 Å². The smallest absolute Gasteiger partial charge is 0.243 e. The van der Waals surface area contributed by atoms with Crippen LogP contribution in [0.15, 0.2) is 29.2 Å². The predicted molar refractivity (Wildman–Crippen MR) is 105 cm³/mol. The molecule has 3 aliphatic rings. The summed E-state index contributed by atoms with van der Waals surface area (Å²) in [6.07, 6.45) is 5.24. The lowest BCUT2D eigenvalue weighted by Crippen LogP contribution is -2.49. The van der Waals surface area contributed by atoms with Crippen molar-refractivity contribution in [3.8, 4) is 5.75 Å². The van der Waals surface area contributed by atoms with E-state index in [2.05, 4.69) is 21.2 Å². The molecule has 28 heavy (non-hydrogen) atoms. The molecule has 3 heterocycles. The Morgan fingerprint density at radius 3 is 2.57 bits per heavy atom. The molecular weight excluding hydrogens is 376 g/mol. The first-order valence-corrected chi connectivity index (χ1v) is 11.4. The molecular formula is C20H24N4O3S. The first kappa shape index (κ1) is 17.9. The van der Waals surface area contributed by atoms with E-state index in [4.69, 9.17) is 4.74 Å². The lowest BCUT2D eigenvalue weighted by atomic mass is 9.97. The minimum Gasteiger partial charge on any atom is -0.493 e. The average molecular weight is 401 g/mol. The van der Waals surface area contributed by atoms with E-state index in [9.17, 15) is 8.42 Å². The Morgan fingerprint density at radius 1 is 0.893 bits per heavy atom. The molecule has 0 saturated carbocycles. The van der Waals surface area contributed by atoms with Crippen molar-refractivity contribution < 1.29 is 13.2 Å². The third-order valence-electron chi connectivity index (χ3n) is 5.92. The van der Waals surface area contributed by atoms with E-state index in [0.717, 1.165) is 42.1 Å². The lowest BCUT2D eigenvalue weighted by molar-refractivity contribution is 0.356. The lowest BCUT2D eigenvalue weighted by Gasteiger charge is -2.34. The zero-order valence-corrected chi connectivity index (χ0v) is 16.6. The second-order valence-electron chi connectivity index (χ2n) is 7.64. The van der Waals surface area contributed by atoms with Gasteiger partial charge in [-0.1, -0.05) is 0 Å². The number of hydrogen-bond donors (Lipinski definition) is 0. The number of anilines is 1. The molecule has 0 atom stereocenters. The maximum Gasteiger partial charge on any atom is 0.243 e. The number of sulfonamides is 1. The molecule has 0 bridgehead atoms. The van der Waals surface area contributed by atoms with Crippen LogP contribution in [0, 0.1) is 0 Å². The van der Waals surface area contributed by atoms with Crippen molar-refractivity contribution >= 4 is 15.8 Å². The summed E-state index contributed by atoms with van der Waals surface area (Å²) in [6, 6.07) is 7.33. The Hall–Kier alpha value is -2.19. The summed E-state index contributed by atoms with van der Waals surface area (Å²) in [5, 5.41) is 8.80. The molecule has 7 nitrogen and oxygen atoms in total. The number of rotatable bonds is 3. The summed E-state index contributed by atoms with van der Waals surface area (Å²) in [5.74, 6) is 1.67. The van der Waals surface area contributed by atoms with E-state index in [0.29, 0.717) is 37.7 Å². The van der Waals surface area contributed by atoms with Gasteiger partial charge in [0.25, 0.3) is 0 Å². The minimum atomic E-state index is -3.49. The highest BCUT2D eigenvalue weighted by Crippen LogP contribution is 2.29. The fourth-order valence-electron chi connectivity index (χ4n) is 4.26. The van der Waals surface area contributed by atoms with E-state index in [1.807, 2.05) is 0 Å². The first-order valence-electron chi connectivity index (χ1n) is 9.97. The number of benzene rings is 1. The molecule has 1 aliphatic carbocycles. The highest BCUT2D eigenvalue weighted by Gasteiger charge is 2.30. The summed E-state index contributed by atoms with van der Waals surface area (Å²) >= 11 is 0. The normalized spacial score (nSPS) is 19.8. The Labute approximate surface area is 165 Å². The van der Waals surface area contributed by atoms with Crippen LogP contribution in [0.4, 0.5) is 5.82 Å². The standard InChI is InChI=1S/C20H24N4O3S/c25-28(26,17-5-6-19-16(13-17)7-12-27-19)24-10-8-23(9-11-24)20-14-15-3-1-2-4-18(15)21-22-20/h5-6,13-14H,1-4,7-12H2. The second kappa shape index (κ2) is 7.00. The second-order valence-corrected chi connectivity index (χ2v) is 9.58. The molecule has 2 aromatic rings. The van der Waals surface area contributed by atoms with Crippen LogP contribution in [-0.2, 0) is 29.3 Å². The summed E-state index contributed by atoms with van der Waals surface area (Å²) < 4.78 is 33.2. The van der Waals surface area contributed by atoms with Gasteiger partial charge in [-0.3, -0.25) is 0 Å². The Bertz CT molecular complexity index is 1000. The van der Waals surface area contributed by atoms with Crippen LogP contribution in [0.3, 0.4) is 0 Å². The van der Waals surface area contributed by atoms with E-state index >= 15 is 0 Å². The van der Waals surface area contributed by atoms with Crippen molar-refractivity contribution in [3.05, 3.63) is 41.1 Å². The third-order valence-corrected chi connectivity index (χ3v) is 7.81. The molecule has 1 aromatic carbocycles. The molecule has 148 valence electrons. The fraction of sp³-hybridized carbons (Fsp3) is 0.500. The molecule has 5 rings (SSSR count). The molecule has 1 saturated heterocycles. The van der Waals surface area contributed by atoms with Crippen LogP contribution >= 0.6 is 0 Å². The van der Waals surface area contributed by atoms with E-state index in [-0.39, 0.29) is 0 Å². The maximum atomic E-state index is 13.1. The molecule has 0 radical (unpaired) electrons. The van der Waals surface area contributed by atoms with Gasteiger partial charge in [0, 0.05) is 32.6 Å². The Kier molecular flexibility index (Phi) is 4.47. The van der Waals surface area contributed by atoms with Gasteiger partial charge in [0.05, 0.1) is 17.2 Å². The van der Waals surface area contributed by atoms with Crippen LogP contribution in [0.2, 0.25) is 0 Å². The van der Waals surface area contributed by atoms with Crippen molar-refractivity contribution in [1.82, 2.24) is 14.5 Å². The van der Waals surface area contributed by atoms with Crippen LogP contribution in [-0.4, -0.2) is 55.7 Å². The Balaban J connectivity index is 1.30. The highest BCUT2D eigenvalue weighted by molar-refractivity contribution is 7.89. The minimum absolute atomic E-state index is 0.360. The van der Waals surface area contributed by atoms with Gasteiger partial charge in [0.2, 0.25) is 10.0 Å². The van der Waals surface area contributed by atoms with Gasteiger partial charge in [0.15, 0.2) is 5.82 Å². The van der Waals surface area contributed by atoms with Crippen molar-refractivity contribution in [3.63, 3.8) is 0 Å². The molecule has 1 fully saturated rings. The van der Waals surface area contributed by atoms with Gasteiger partial charge in [-0.15, -0.1) is 5.10 Å². The summed E-state index contributed by atoms with van der Waals surface area (Å²) in [7, 11) is -3.49. The van der Waals surface area contributed by atoms with Crippen molar-refractivity contribution in [2.45, 2.75) is 37.0 Å². The first-order chi connectivity index (χ1) is 13.6. The van der Waals surface area contributed by atoms with E-state index < -0.39 is 10.0 Å². The molecule has 0 N–H and O–H groups in total. The number of aromatic nitrogens is 2. The number of piperazine rings is 1. The summed E-state index contributed by atoms with van der Waals surface area (Å²) in [5.41, 5.74) is 3.40. The van der Waals surface area contributed by atoms with Crippen LogP contribution in [0.25, 0.3) is 0 Å². The van der Waals surface area contributed by atoms with E-state index in [1.165, 1.54) is 18.4 Å². The average Bonchev–Trinajstić information content (AvgIpc) is 3.21. The molecule has 8 heteroatoms. The van der Waals surface area contributed by atoms with Gasteiger partial charge in [-0.05, 0) is 61.1 Å².